The van der Waals surface area contributed by atoms with Crippen molar-refractivity contribution in [3.63, 3.8) is 0 Å². The number of halogens is 1. The zero-order valence-electron chi connectivity index (χ0n) is 19.6. The molecule has 0 unspecified atom stereocenters. The number of hydrogen-bond donors (Lipinski definition) is 1. The van der Waals surface area contributed by atoms with Gasteiger partial charge in [0.1, 0.15) is 6.04 Å². The lowest BCUT2D eigenvalue weighted by molar-refractivity contribution is 0.0535. The molecule has 10 heteroatoms. The normalized spacial score (nSPS) is 14.1. The molecule has 182 valence electrons. The van der Waals surface area contributed by atoms with Crippen LogP contribution in [0.3, 0.4) is 0 Å². The fourth-order valence-electron chi connectivity index (χ4n) is 3.72. The van der Waals surface area contributed by atoms with Gasteiger partial charge in [-0.2, -0.15) is 0 Å². The summed E-state index contributed by atoms with van der Waals surface area (Å²) in [7, 11) is 0. The number of nitrogens with zero attached hydrogens (tertiary/aromatic N) is 3. The Morgan fingerprint density at radius 2 is 1.69 bits per heavy atom. The maximum atomic E-state index is 13.1. The highest BCUT2D eigenvalue weighted by Gasteiger charge is 2.42. The van der Waals surface area contributed by atoms with Crippen molar-refractivity contribution in [1.82, 2.24) is 20.4 Å². The molecule has 0 radical (unpaired) electrons. The number of amides is 3. The standard InChI is InChI=1S/C25H25ClN4O5/c1-25(2,3)27-24(33)34-14-6-9-19(30-22(31)17-7-4-5-8-18(17)23(30)32)21-29-28-20(35-21)15-10-12-16(26)13-11-15/h4-5,7-8,10-13,19H,6,9,14H2,1-3H3,(H,27,33)/t19-/m0/s1. The van der Waals surface area contributed by atoms with Crippen molar-refractivity contribution in [3.05, 3.63) is 70.6 Å². The molecule has 1 aromatic heterocycles. The first kappa shape index (κ1) is 24.4. The van der Waals surface area contributed by atoms with Gasteiger partial charge in [-0.25, -0.2) is 4.79 Å². The molecule has 2 heterocycles. The molecule has 0 bridgehead atoms. The number of benzene rings is 2. The number of nitrogens with one attached hydrogen (secondary N) is 1. The number of rotatable bonds is 7. The number of ether oxygens (including phenoxy) is 1. The molecule has 1 atom stereocenters. The summed E-state index contributed by atoms with van der Waals surface area (Å²) >= 11 is 5.96. The summed E-state index contributed by atoms with van der Waals surface area (Å²) in [6, 6.07) is 12.7. The Morgan fingerprint density at radius 3 is 2.29 bits per heavy atom. The summed E-state index contributed by atoms with van der Waals surface area (Å²) in [4.78, 5) is 39.4. The average molecular weight is 497 g/mol. The first-order valence-corrected chi connectivity index (χ1v) is 11.5. The quantitative estimate of drug-likeness (QED) is 0.360. The molecule has 0 saturated heterocycles. The van der Waals surface area contributed by atoms with Crippen LogP contribution in [0.5, 0.6) is 0 Å². The van der Waals surface area contributed by atoms with E-state index in [1.165, 1.54) is 0 Å². The van der Waals surface area contributed by atoms with Gasteiger partial charge in [0.15, 0.2) is 0 Å². The van der Waals surface area contributed by atoms with Gasteiger partial charge in [0.25, 0.3) is 11.8 Å². The third-order valence-electron chi connectivity index (χ3n) is 5.29. The summed E-state index contributed by atoms with van der Waals surface area (Å²) in [5.74, 6) is -0.524. The number of imide groups is 1. The van der Waals surface area contributed by atoms with E-state index in [2.05, 4.69) is 15.5 Å². The molecule has 1 aliphatic rings. The number of hydrogen-bond acceptors (Lipinski definition) is 7. The largest absolute Gasteiger partial charge is 0.450 e. The molecule has 0 spiro atoms. The van der Waals surface area contributed by atoms with E-state index in [0.717, 1.165) is 4.90 Å². The SMILES string of the molecule is CC(C)(C)NC(=O)OCCC[C@@H](c1nnc(-c2ccc(Cl)cc2)o1)N1C(=O)c2ccccc2C1=O. The fraction of sp³-hybridized carbons (Fsp3) is 0.320. The van der Waals surface area contributed by atoms with Crippen LogP contribution in [-0.2, 0) is 4.74 Å². The molecule has 1 aliphatic heterocycles. The second-order valence-corrected chi connectivity index (χ2v) is 9.58. The first-order chi connectivity index (χ1) is 16.6. The molecule has 3 aromatic rings. The highest BCUT2D eigenvalue weighted by molar-refractivity contribution is 6.30. The molecule has 1 N–H and O–H groups in total. The summed E-state index contributed by atoms with van der Waals surface area (Å²) in [6.07, 6.45) is 0.0720. The third kappa shape index (κ3) is 5.51. The second kappa shape index (κ2) is 9.87. The van der Waals surface area contributed by atoms with Crippen LogP contribution in [0.15, 0.2) is 52.9 Å². The monoisotopic (exact) mass is 496 g/mol. The number of carbonyl (C=O) groups is 3. The van der Waals surface area contributed by atoms with Gasteiger partial charge in [0.2, 0.25) is 11.8 Å². The van der Waals surface area contributed by atoms with Crippen LogP contribution >= 0.6 is 11.6 Å². The predicted molar refractivity (Wildman–Crippen MR) is 128 cm³/mol. The molecule has 0 aliphatic carbocycles. The van der Waals surface area contributed by atoms with Gasteiger partial charge >= 0.3 is 6.09 Å². The number of carbonyl (C=O) groups excluding carboxylic acids is 3. The Labute approximate surface area is 207 Å². The van der Waals surface area contributed by atoms with E-state index in [4.69, 9.17) is 20.8 Å². The minimum absolute atomic E-state index is 0.0831. The maximum Gasteiger partial charge on any atom is 0.407 e. The van der Waals surface area contributed by atoms with Crippen molar-refractivity contribution in [2.75, 3.05) is 6.61 Å². The zero-order valence-corrected chi connectivity index (χ0v) is 20.3. The van der Waals surface area contributed by atoms with Gasteiger partial charge in [-0.15, -0.1) is 10.2 Å². The van der Waals surface area contributed by atoms with Crippen molar-refractivity contribution < 1.29 is 23.5 Å². The van der Waals surface area contributed by atoms with E-state index >= 15 is 0 Å². The summed E-state index contributed by atoms with van der Waals surface area (Å²) < 4.78 is 11.1. The van der Waals surface area contributed by atoms with E-state index in [1.807, 2.05) is 20.8 Å². The molecule has 35 heavy (non-hydrogen) atoms. The lowest BCUT2D eigenvalue weighted by atomic mass is 10.1. The molecule has 4 rings (SSSR count). The fourth-order valence-corrected chi connectivity index (χ4v) is 3.84. The lowest BCUT2D eigenvalue weighted by Crippen LogP contribution is -2.41. The Morgan fingerprint density at radius 1 is 1.06 bits per heavy atom. The Bertz CT molecular complexity index is 1210. The van der Waals surface area contributed by atoms with Crippen LogP contribution in [-0.4, -0.2) is 45.2 Å². The van der Waals surface area contributed by atoms with E-state index < -0.39 is 29.5 Å². The van der Waals surface area contributed by atoms with Crippen molar-refractivity contribution in [3.8, 4) is 11.5 Å². The van der Waals surface area contributed by atoms with Crippen molar-refractivity contribution in [2.45, 2.75) is 45.2 Å². The maximum absolute atomic E-state index is 13.1. The molecule has 3 amide bonds. The Hall–Kier alpha value is -3.72. The van der Waals surface area contributed by atoms with Crippen LogP contribution in [0.2, 0.25) is 5.02 Å². The van der Waals surface area contributed by atoms with Crippen molar-refractivity contribution in [1.29, 1.82) is 0 Å². The smallest absolute Gasteiger partial charge is 0.407 e. The van der Waals surface area contributed by atoms with E-state index in [0.29, 0.717) is 28.1 Å². The second-order valence-electron chi connectivity index (χ2n) is 9.15. The Balaban J connectivity index is 1.55. The highest BCUT2D eigenvalue weighted by Crippen LogP contribution is 2.34. The van der Waals surface area contributed by atoms with Gasteiger partial charge in [-0.1, -0.05) is 23.7 Å². The molecule has 0 saturated carbocycles. The molecule has 9 nitrogen and oxygen atoms in total. The summed E-state index contributed by atoms with van der Waals surface area (Å²) in [6.45, 7) is 5.63. The van der Waals surface area contributed by atoms with Gasteiger partial charge in [-0.3, -0.25) is 14.5 Å². The highest BCUT2D eigenvalue weighted by atomic mass is 35.5. The van der Waals surface area contributed by atoms with Gasteiger partial charge < -0.3 is 14.5 Å². The van der Waals surface area contributed by atoms with Crippen molar-refractivity contribution >= 4 is 29.5 Å². The summed E-state index contributed by atoms with van der Waals surface area (Å²) in [5.41, 5.74) is 0.861. The molecular weight excluding hydrogens is 472 g/mol. The van der Waals surface area contributed by atoms with Gasteiger partial charge in [-0.05, 0) is 70.0 Å². The van der Waals surface area contributed by atoms with Crippen LogP contribution in [0.1, 0.15) is 66.3 Å². The minimum Gasteiger partial charge on any atom is -0.450 e. The first-order valence-electron chi connectivity index (χ1n) is 11.2. The number of aromatic nitrogens is 2. The van der Waals surface area contributed by atoms with Gasteiger partial charge in [0, 0.05) is 16.1 Å². The molecule has 2 aromatic carbocycles. The minimum atomic E-state index is -0.828. The number of fused-ring (bicyclic) bond motifs is 1. The lowest BCUT2D eigenvalue weighted by Gasteiger charge is -2.23. The molecular formula is C25H25ClN4O5. The van der Waals surface area contributed by atoms with E-state index in [1.54, 1.807) is 48.5 Å². The van der Waals surface area contributed by atoms with Crippen LogP contribution in [0, 0.1) is 0 Å². The Kier molecular flexibility index (Phi) is 6.88. The third-order valence-corrected chi connectivity index (χ3v) is 5.54. The number of alkyl carbamates (subject to hydrolysis) is 1. The summed E-state index contributed by atoms with van der Waals surface area (Å²) in [5, 5.41) is 11.5. The van der Waals surface area contributed by atoms with E-state index in [-0.39, 0.29) is 24.8 Å². The van der Waals surface area contributed by atoms with Crippen molar-refractivity contribution in [2.24, 2.45) is 0 Å². The van der Waals surface area contributed by atoms with Crippen LogP contribution in [0.25, 0.3) is 11.5 Å². The van der Waals surface area contributed by atoms with Crippen LogP contribution in [0.4, 0.5) is 4.79 Å². The topological polar surface area (TPSA) is 115 Å². The van der Waals surface area contributed by atoms with Crippen LogP contribution < -0.4 is 5.32 Å². The zero-order chi connectivity index (χ0) is 25.2. The van der Waals surface area contributed by atoms with E-state index in [9.17, 15) is 14.4 Å². The average Bonchev–Trinajstić information content (AvgIpc) is 3.38. The predicted octanol–water partition coefficient (Wildman–Crippen LogP) is 5.03. The van der Waals surface area contributed by atoms with Gasteiger partial charge in [0.05, 0.1) is 17.7 Å². The molecule has 0 fully saturated rings.